The molecule has 2 aromatic rings. The lowest BCUT2D eigenvalue weighted by molar-refractivity contribution is 1.36. The van der Waals surface area contributed by atoms with Crippen molar-refractivity contribution in [3.05, 3.63) is 76.3 Å². The molecule has 0 aromatic heterocycles. The summed E-state index contributed by atoms with van der Waals surface area (Å²) >= 11 is 5.89. The van der Waals surface area contributed by atoms with Crippen molar-refractivity contribution in [1.29, 1.82) is 0 Å². The Hall–Kier alpha value is -1.53. The van der Waals surface area contributed by atoms with E-state index in [2.05, 4.69) is 38.6 Å². The van der Waals surface area contributed by atoms with Crippen molar-refractivity contribution in [2.75, 3.05) is 0 Å². The van der Waals surface area contributed by atoms with Gasteiger partial charge in [0.05, 0.1) is 0 Å². The molecule has 0 saturated heterocycles. The van der Waals surface area contributed by atoms with Gasteiger partial charge in [-0.25, -0.2) is 0 Å². The van der Waals surface area contributed by atoms with Gasteiger partial charge in [-0.1, -0.05) is 54.1 Å². The largest absolute Gasteiger partial charge is 0.0905 e. The van der Waals surface area contributed by atoms with Gasteiger partial charge in [-0.3, -0.25) is 0 Å². The Bertz CT molecular complexity index is 550. The standard InChI is InChI=1S/C16H15Cl/c1-11-4-5-12(2)16(10-11)13(3)14-6-8-15(17)9-7-14/h4-10H,3H2,1-2H3. The van der Waals surface area contributed by atoms with Crippen LogP contribution in [-0.2, 0) is 0 Å². The summed E-state index contributed by atoms with van der Waals surface area (Å²) in [6.45, 7) is 8.39. The topological polar surface area (TPSA) is 0 Å². The summed E-state index contributed by atoms with van der Waals surface area (Å²) in [5.41, 5.74) is 5.86. The number of halogens is 1. The van der Waals surface area contributed by atoms with Crippen molar-refractivity contribution >= 4 is 17.2 Å². The summed E-state index contributed by atoms with van der Waals surface area (Å²) in [6, 6.07) is 14.2. The lowest BCUT2D eigenvalue weighted by Gasteiger charge is -2.10. The first-order chi connectivity index (χ1) is 8.08. The molecule has 1 heteroatoms. The first-order valence-electron chi connectivity index (χ1n) is 5.60. The number of aryl methyl sites for hydroxylation is 2. The zero-order valence-electron chi connectivity index (χ0n) is 10.1. The molecule has 0 fully saturated rings. The number of hydrogen-bond acceptors (Lipinski definition) is 0. The van der Waals surface area contributed by atoms with Crippen molar-refractivity contribution in [2.45, 2.75) is 13.8 Å². The van der Waals surface area contributed by atoms with Crippen LogP contribution in [0.25, 0.3) is 5.57 Å². The van der Waals surface area contributed by atoms with Crippen molar-refractivity contribution < 1.29 is 0 Å². The zero-order valence-corrected chi connectivity index (χ0v) is 10.9. The number of rotatable bonds is 2. The van der Waals surface area contributed by atoms with Crippen molar-refractivity contribution in [2.24, 2.45) is 0 Å². The molecule has 86 valence electrons. The first-order valence-corrected chi connectivity index (χ1v) is 5.98. The Morgan fingerprint density at radius 2 is 1.65 bits per heavy atom. The minimum Gasteiger partial charge on any atom is -0.0905 e. The molecule has 0 aliphatic heterocycles. The van der Waals surface area contributed by atoms with E-state index in [1.54, 1.807) is 0 Å². The molecule has 0 bridgehead atoms. The summed E-state index contributed by atoms with van der Waals surface area (Å²) in [7, 11) is 0. The van der Waals surface area contributed by atoms with E-state index in [1.165, 1.54) is 16.7 Å². The lowest BCUT2D eigenvalue weighted by atomic mass is 9.94. The van der Waals surface area contributed by atoms with Gasteiger partial charge in [0, 0.05) is 5.02 Å². The van der Waals surface area contributed by atoms with Gasteiger partial charge in [0.15, 0.2) is 0 Å². The van der Waals surface area contributed by atoms with Crippen LogP contribution in [0.15, 0.2) is 49.0 Å². The summed E-state index contributed by atoms with van der Waals surface area (Å²) in [4.78, 5) is 0. The molecule has 0 amide bonds. The van der Waals surface area contributed by atoms with Crippen LogP contribution in [-0.4, -0.2) is 0 Å². The maximum Gasteiger partial charge on any atom is 0.0406 e. The van der Waals surface area contributed by atoms with Crippen molar-refractivity contribution in [3.8, 4) is 0 Å². The highest BCUT2D eigenvalue weighted by Gasteiger charge is 2.05. The molecule has 0 spiro atoms. The smallest absolute Gasteiger partial charge is 0.0406 e. The van der Waals surface area contributed by atoms with Crippen LogP contribution in [0.2, 0.25) is 5.02 Å². The molecule has 0 saturated carbocycles. The Kier molecular flexibility index (Phi) is 3.35. The molecule has 0 nitrogen and oxygen atoms in total. The van der Waals surface area contributed by atoms with E-state index in [-0.39, 0.29) is 0 Å². The van der Waals surface area contributed by atoms with Crippen molar-refractivity contribution in [1.82, 2.24) is 0 Å². The van der Waals surface area contributed by atoms with Crippen LogP contribution in [0, 0.1) is 13.8 Å². The molecule has 0 heterocycles. The van der Waals surface area contributed by atoms with E-state index in [4.69, 9.17) is 11.6 Å². The second-order valence-corrected chi connectivity index (χ2v) is 4.74. The Morgan fingerprint density at radius 1 is 1.00 bits per heavy atom. The Morgan fingerprint density at radius 3 is 2.29 bits per heavy atom. The van der Waals surface area contributed by atoms with E-state index in [1.807, 2.05) is 24.3 Å². The Balaban J connectivity index is 2.43. The number of hydrogen-bond donors (Lipinski definition) is 0. The normalized spacial score (nSPS) is 10.3. The summed E-state index contributed by atoms with van der Waals surface area (Å²) in [6.07, 6.45) is 0. The Labute approximate surface area is 108 Å². The molecule has 2 rings (SSSR count). The van der Waals surface area contributed by atoms with Crippen molar-refractivity contribution in [3.63, 3.8) is 0 Å². The van der Waals surface area contributed by atoms with E-state index < -0.39 is 0 Å². The first kappa shape index (κ1) is 11.9. The molecule has 17 heavy (non-hydrogen) atoms. The summed E-state index contributed by atoms with van der Waals surface area (Å²) in [5.74, 6) is 0. The molecule has 0 N–H and O–H groups in total. The van der Waals surface area contributed by atoms with Gasteiger partial charge >= 0.3 is 0 Å². The molecular weight excluding hydrogens is 228 g/mol. The quantitative estimate of drug-likeness (QED) is 0.694. The molecule has 0 aliphatic carbocycles. The highest BCUT2D eigenvalue weighted by Crippen LogP contribution is 2.26. The summed E-state index contributed by atoms with van der Waals surface area (Å²) < 4.78 is 0. The van der Waals surface area contributed by atoms with E-state index >= 15 is 0 Å². The molecule has 0 aliphatic rings. The molecule has 0 atom stereocenters. The predicted molar refractivity (Wildman–Crippen MR) is 75.5 cm³/mol. The fraction of sp³-hybridized carbons (Fsp3) is 0.125. The fourth-order valence-electron chi connectivity index (χ4n) is 1.87. The van der Waals surface area contributed by atoms with Crippen LogP contribution in [0.5, 0.6) is 0 Å². The third-order valence-electron chi connectivity index (χ3n) is 2.91. The third-order valence-corrected chi connectivity index (χ3v) is 3.16. The van der Waals surface area contributed by atoms with Gasteiger partial charge in [0.25, 0.3) is 0 Å². The van der Waals surface area contributed by atoms with Crippen LogP contribution < -0.4 is 0 Å². The zero-order chi connectivity index (χ0) is 12.4. The second kappa shape index (κ2) is 4.77. The predicted octanol–water partition coefficient (Wildman–Crippen LogP) is 5.02. The maximum atomic E-state index is 5.89. The minimum absolute atomic E-state index is 0.752. The molecule has 0 unspecified atom stereocenters. The summed E-state index contributed by atoms with van der Waals surface area (Å²) in [5, 5.41) is 0.752. The van der Waals surface area contributed by atoms with E-state index in [9.17, 15) is 0 Å². The lowest BCUT2D eigenvalue weighted by Crippen LogP contribution is -1.91. The van der Waals surface area contributed by atoms with E-state index in [0.717, 1.165) is 16.2 Å². The fourth-order valence-corrected chi connectivity index (χ4v) is 1.99. The van der Waals surface area contributed by atoms with Gasteiger partial charge in [0.1, 0.15) is 0 Å². The highest BCUT2D eigenvalue weighted by molar-refractivity contribution is 6.30. The average molecular weight is 243 g/mol. The molecular formula is C16H15Cl. The monoisotopic (exact) mass is 242 g/mol. The second-order valence-electron chi connectivity index (χ2n) is 4.30. The van der Waals surface area contributed by atoms with Gasteiger partial charge in [-0.2, -0.15) is 0 Å². The minimum atomic E-state index is 0.752. The van der Waals surface area contributed by atoms with Crippen LogP contribution in [0.4, 0.5) is 0 Å². The van der Waals surface area contributed by atoms with Crippen LogP contribution >= 0.6 is 11.6 Å². The van der Waals surface area contributed by atoms with Gasteiger partial charge in [-0.05, 0) is 48.2 Å². The van der Waals surface area contributed by atoms with Crippen LogP contribution in [0.1, 0.15) is 22.3 Å². The average Bonchev–Trinajstić information content (AvgIpc) is 2.32. The highest BCUT2D eigenvalue weighted by atomic mass is 35.5. The van der Waals surface area contributed by atoms with Gasteiger partial charge < -0.3 is 0 Å². The van der Waals surface area contributed by atoms with Crippen LogP contribution in [0.3, 0.4) is 0 Å². The molecule has 0 radical (unpaired) electrons. The SMILES string of the molecule is C=C(c1ccc(Cl)cc1)c1cc(C)ccc1C. The van der Waals surface area contributed by atoms with Gasteiger partial charge in [-0.15, -0.1) is 0 Å². The third kappa shape index (κ3) is 2.59. The number of benzene rings is 2. The maximum absolute atomic E-state index is 5.89. The van der Waals surface area contributed by atoms with Gasteiger partial charge in [0.2, 0.25) is 0 Å². The molecule has 2 aromatic carbocycles. The van der Waals surface area contributed by atoms with E-state index in [0.29, 0.717) is 0 Å².